The normalized spacial score (nSPS) is 13.9. The van der Waals surface area contributed by atoms with Gasteiger partial charge in [-0.2, -0.15) is 0 Å². The summed E-state index contributed by atoms with van der Waals surface area (Å²) in [5, 5.41) is 2.98. The minimum atomic E-state index is -0.0866. The van der Waals surface area contributed by atoms with Gasteiger partial charge in [-0.15, -0.1) is 0 Å². The third-order valence-corrected chi connectivity index (χ3v) is 5.13. The Hall–Kier alpha value is -3.25. The molecule has 0 spiro atoms. The molecule has 1 aliphatic heterocycles. The molecule has 148 valence electrons. The van der Waals surface area contributed by atoms with Crippen LogP contribution in [-0.2, 0) is 11.3 Å². The van der Waals surface area contributed by atoms with Crippen molar-refractivity contribution in [1.82, 2.24) is 15.3 Å². The van der Waals surface area contributed by atoms with Crippen LogP contribution in [0.15, 0.2) is 60.9 Å². The molecule has 1 fully saturated rings. The lowest BCUT2D eigenvalue weighted by atomic mass is 10.1. The molecule has 1 saturated heterocycles. The van der Waals surface area contributed by atoms with Crippen molar-refractivity contribution in [2.75, 3.05) is 31.2 Å². The maximum atomic E-state index is 12.5. The Kier molecular flexibility index (Phi) is 5.81. The van der Waals surface area contributed by atoms with Gasteiger partial charge < -0.3 is 15.0 Å². The third-order valence-electron chi connectivity index (χ3n) is 5.13. The van der Waals surface area contributed by atoms with Gasteiger partial charge in [0.25, 0.3) is 5.91 Å². The Balaban J connectivity index is 1.43. The molecule has 0 aliphatic carbocycles. The van der Waals surface area contributed by atoms with E-state index in [1.54, 1.807) is 6.33 Å². The number of hydrogen-bond acceptors (Lipinski definition) is 5. The predicted octanol–water partition coefficient (Wildman–Crippen LogP) is 3.22. The molecule has 1 aromatic heterocycles. The summed E-state index contributed by atoms with van der Waals surface area (Å²) < 4.78 is 5.40. The number of ether oxygens (including phenoxy) is 1. The van der Waals surface area contributed by atoms with Gasteiger partial charge in [0.1, 0.15) is 12.1 Å². The number of hydrogen-bond donors (Lipinski definition) is 1. The summed E-state index contributed by atoms with van der Waals surface area (Å²) in [6, 6.07) is 17.6. The molecule has 0 bridgehead atoms. The molecule has 3 aromatic rings. The number of nitrogens with one attached hydrogen (secondary N) is 1. The lowest BCUT2D eigenvalue weighted by Crippen LogP contribution is -2.36. The van der Waals surface area contributed by atoms with Crippen molar-refractivity contribution in [3.63, 3.8) is 0 Å². The second-order valence-electron chi connectivity index (χ2n) is 7.05. The number of morpholine rings is 1. The highest BCUT2D eigenvalue weighted by Crippen LogP contribution is 2.22. The van der Waals surface area contributed by atoms with Gasteiger partial charge in [-0.05, 0) is 30.2 Å². The zero-order chi connectivity index (χ0) is 20.1. The van der Waals surface area contributed by atoms with Crippen molar-refractivity contribution in [1.29, 1.82) is 0 Å². The van der Waals surface area contributed by atoms with E-state index in [0.29, 0.717) is 25.3 Å². The van der Waals surface area contributed by atoms with Crippen molar-refractivity contribution in [3.8, 4) is 11.3 Å². The van der Waals surface area contributed by atoms with Gasteiger partial charge in [0.15, 0.2) is 0 Å². The fourth-order valence-corrected chi connectivity index (χ4v) is 3.35. The molecule has 6 heteroatoms. The molecule has 4 rings (SSSR count). The highest BCUT2D eigenvalue weighted by atomic mass is 16.5. The van der Waals surface area contributed by atoms with Crippen molar-refractivity contribution in [3.05, 3.63) is 77.6 Å². The van der Waals surface area contributed by atoms with Crippen molar-refractivity contribution in [2.24, 2.45) is 0 Å². The Labute approximate surface area is 170 Å². The second-order valence-corrected chi connectivity index (χ2v) is 7.05. The summed E-state index contributed by atoms with van der Waals surface area (Å²) in [7, 11) is 0. The van der Waals surface area contributed by atoms with Crippen LogP contribution in [0.1, 0.15) is 21.5 Å². The van der Waals surface area contributed by atoms with E-state index >= 15 is 0 Å². The summed E-state index contributed by atoms with van der Waals surface area (Å²) >= 11 is 0. The standard InChI is InChI=1S/C23H24N4O2/c1-17-4-2-3-5-20(17)15-24-23(28)19-8-6-18(7-9-19)21-14-22(26-16-25-21)27-10-12-29-13-11-27/h2-9,14,16H,10-13,15H2,1H3,(H,24,28). The molecule has 0 atom stereocenters. The topological polar surface area (TPSA) is 67.4 Å². The van der Waals surface area contributed by atoms with Crippen molar-refractivity contribution in [2.45, 2.75) is 13.5 Å². The summed E-state index contributed by atoms with van der Waals surface area (Å²) in [6.45, 7) is 5.65. The molecule has 1 amide bonds. The summed E-state index contributed by atoms with van der Waals surface area (Å²) in [5.41, 5.74) is 4.72. The molecule has 0 radical (unpaired) electrons. The van der Waals surface area contributed by atoms with Crippen LogP contribution in [-0.4, -0.2) is 42.2 Å². The molecule has 2 aromatic carbocycles. The zero-order valence-corrected chi connectivity index (χ0v) is 16.5. The number of aryl methyl sites for hydroxylation is 1. The molecule has 2 heterocycles. The number of nitrogens with zero attached hydrogens (tertiary/aromatic N) is 3. The Morgan fingerprint density at radius 1 is 1.07 bits per heavy atom. The van der Waals surface area contributed by atoms with Crippen LogP contribution in [0.3, 0.4) is 0 Å². The van der Waals surface area contributed by atoms with Gasteiger partial charge in [-0.3, -0.25) is 4.79 Å². The van der Waals surface area contributed by atoms with E-state index in [1.165, 1.54) is 5.56 Å². The molecule has 29 heavy (non-hydrogen) atoms. The average molecular weight is 388 g/mol. The maximum Gasteiger partial charge on any atom is 0.251 e. The van der Waals surface area contributed by atoms with Crippen LogP contribution >= 0.6 is 0 Å². The highest BCUT2D eigenvalue weighted by Gasteiger charge is 2.14. The quantitative estimate of drug-likeness (QED) is 0.727. The molecule has 6 nitrogen and oxygen atoms in total. The smallest absolute Gasteiger partial charge is 0.251 e. The van der Waals surface area contributed by atoms with Gasteiger partial charge in [0.2, 0.25) is 0 Å². The number of aromatic nitrogens is 2. The van der Waals surface area contributed by atoms with Crippen LogP contribution in [0.2, 0.25) is 0 Å². The zero-order valence-electron chi connectivity index (χ0n) is 16.5. The second kappa shape index (κ2) is 8.84. The van der Waals surface area contributed by atoms with E-state index in [2.05, 4.69) is 20.2 Å². The average Bonchev–Trinajstić information content (AvgIpc) is 2.79. The van der Waals surface area contributed by atoms with Crippen LogP contribution in [0.25, 0.3) is 11.3 Å². The monoisotopic (exact) mass is 388 g/mol. The van der Waals surface area contributed by atoms with Crippen LogP contribution in [0.4, 0.5) is 5.82 Å². The van der Waals surface area contributed by atoms with Crippen LogP contribution in [0, 0.1) is 6.92 Å². The minimum absolute atomic E-state index is 0.0866. The highest BCUT2D eigenvalue weighted by molar-refractivity contribution is 5.94. The van der Waals surface area contributed by atoms with Crippen molar-refractivity contribution >= 4 is 11.7 Å². The Bertz CT molecular complexity index is 982. The molecular formula is C23H24N4O2. The molecular weight excluding hydrogens is 364 g/mol. The van der Waals surface area contributed by atoms with E-state index in [9.17, 15) is 4.79 Å². The minimum Gasteiger partial charge on any atom is -0.378 e. The van der Waals surface area contributed by atoms with Crippen molar-refractivity contribution < 1.29 is 9.53 Å². The fraction of sp³-hybridized carbons (Fsp3) is 0.261. The third kappa shape index (κ3) is 4.60. The van der Waals surface area contributed by atoms with E-state index in [1.807, 2.05) is 61.5 Å². The number of rotatable bonds is 5. The fourth-order valence-electron chi connectivity index (χ4n) is 3.35. The lowest BCUT2D eigenvalue weighted by molar-refractivity contribution is 0.0951. The summed E-state index contributed by atoms with van der Waals surface area (Å²) in [6.07, 6.45) is 1.59. The van der Waals surface area contributed by atoms with Crippen LogP contribution in [0.5, 0.6) is 0 Å². The van der Waals surface area contributed by atoms with Gasteiger partial charge in [-0.1, -0.05) is 36.4 Å². The first-order valence-corrected chi connectivity index (χ1v) is 9.78. The van der Waals surface area contributed by atoms with E-state index in [-0.39, 0.29) is 5.91 Å². The largest absolute Gasteiger partial charge is 0.378 e. The number of anilines is 1. The predicted molar refractivity (Wildman–Crippen MR) is 113 cm³/mol. The Morgan fingerprint density at radius 2 is 1.83 bits per heavy atom. The number of benzene rings is 2. The van der Waals surface area contributed by atoms with E-state index < -0.39 is 0 Å². The van der Waals surface area contributed by atoms with Gasteiger partial charge in [-0.25, -0.2) is 9.97 Å². The van der Waals surface area contributed by atoms with Gasteiger partial charge >= 0.3 is 0 Å². The van der Waals surface area contributed by atoms with E-state index in [4.69, 9.17) is 4.74 Å². The summed E-state index contributed by atoms with van der Waals surface area (Å²) in [4.78, 5) is 23.5. The van der Waals surface area contributed by atoms with E-state index in [0.717, 1.165) is 35.7 Å². The summed E-state index contributed by atoms with van der Waals surface area (Å²) in [5.74, 6) is 0.815. The molecule has 1 aliphatic rings. The number of carbonyl (C=O) groups is 1. The first-order chi connectivity index (χ1) is 14.2. The first-order valence-electron chi connectivity index (χ1n) is 9.78. The molecule has 0 unspecified atom stereocenters. The molecule has 1 N–H and O–H groups in total. The Morgan fingerprint density at radius 3 is 2.59 bits per heavy atom. The first kappa shape index (κ1) is 19.1. The number of carbonyl (C=O) groups excluding carboxylic acids is 1. The van der Waals surface area contributed by atoms with Gasteiger partial charge in [0, 0.05) is 36.8 Å². The number of amides is 1. The maximum absolute atomic E-state index is 12.5. The lowest BCUT2D eigenvalue weighted by Gasteiger charge is -2.27. The SMILES string of the molecule is Cc1ccccc1CNC(=O)c1ccc(-c2cc(N3CCOCC3)ncn2)cc1. The molecule has 0 saturated carbocycles. The van der Waals surface area contributed by atoms with Crippen LogP contribution < -0.4 is 10.2 Å². The van der Waals surface area contributed by atoms with Gasteiger partial charge in [0.05, 0.1) is 18.9 Å².